The van der Waals surface area contributed by atoms with Crippen LogP contribution in [-0.2, 0) is 16.0 Å². The third kappa shape index (κ3) is 6.70. The van der Waals surface area contributed by atoms with Crippen LogP contribution in [0.1, 0.15) is 66.2 Å². The molecule has 1 atom stereocenters. The molecule has 1 unspecified atom stereocenters. The van der Waals surface area contributed by atoms with Gasteiger partial charge in [0.25, 0.3) is 5.91 Å². The molecular formula is C27H34N4O3. The molecule has 0 aliphatic heterocycles. The third-order valence-electron chi connectivity index (χ3n) is 6.13. The second-order valence-corrected chi connectivity index (χ2v) is 8.44. The highest BCUT2D eigenvalue weighted by molar-refractivity contribution is 5.95. The van der Waals surface area contributed by atoms with E-state index in [4.69, 9.17) is 5.73 Å². The summed E-state index contributed by atoms with van der Waals surface area (Å²) < 4.78 is 0. The Morgan fingerprint density at radius 3 is 2.50 bits per heavy atom. The van der Waals surface area contributed by atoms with Gasteiger partial charge in [-0.05, 0) is 80.1 Å². The van der Waals surface area contributed by atoms with Crippen LogP contribution in [-0.4, -0.2) is 37.4 Å². The van der Waals surface area contributed by atoms with E-state index in [-0.39, 0.29) is 30.2 Å². The van der Waals surface area contributed by atoms with Gasteiger partial charge in [0.05, 0.1) is 6.04 Å². The molecule has 2 aromatic carbocycles. The Morgan fingerprint density at radius 2 is 1.82 bits per heavy atom. The molecule has 1 aliphatic rings. The van der Waals surface area contributed by atoms with Crippen molar-refractivity contribution in [3.63, 3.8) is 0 Å². The largest absolute Gasteiger partial charge is 0.372 e. The van der Waals surface area contributed by atoms with Crippen molar-refractivity contribution in [2.24, 2.45) is 5.73 Å². The number of nitrogens with one attached hydrogen (secondary N) is 2. The molecule has 34 heavy (non-hydrogen) atoms. The molecule has 7 nitrogen and oxygen atoms in total. The lowest BCUT2D eigenvalue weighted by Gasteiger charge is -2.21. The van der Waals surface area contributed by atoms with Gasteiger partial charge < -0.3 is 21.3 Å². The molecule has 0 bridgehead atoms. The summed E-state index contributed by atoms with van der Waals surface area (Å²) in [7, 11) is 0. The van der Waals surface area contributed by atoms with Crippen molar-refractivity contribution < 1.29 is 14.4 Å². The summed E-state index contributed by atoms with van der Waals surface area (Å²) in [4.78, 5) is 37.7. The standard InChI is InChI=1S/C27H34N4O3/c1-3-31(4-2)22-12-9-20(10-13-22)27(34)30-24-15-11-21-18-19(7-14-23(21)24)8-16-26(33)29-17-5-6-25(28)32/h7-10,12-14,16,18,24H,3-6,11,15,17H2,1-2H3,(H2,28,32)(H,29,33)(H,30,34)/b16-8+. The molecule has 1 aliphatic carbocycles. The highest BCUT2D eigenvalue weighted by Gasteiger charge is 2.24. The molecule has 0 saturated carbocycles. The van der Waals surface area contributed by atoms with Gasteiger partial charge in [-0.3, -0.25) is 14.4 Å². The van der Waals surface area contributed by atoms with Crippen LogP contribution >= 0.6 is 0 Å². The summed E-state index contributed by atoms with van der Waals surface area (Å²) >= 11 is 0. The van der Waals surface area contributed by atoms with E-state index in [2.05, 4.69) is 35.4 Å². The average molecular weight is 463 g/mol. The molecule has 0 heterocycles. The minimum atomic E-state index is -0.370. The molecular weight excluding hydrogens is 428 g/mol. The Bertz CT molecular complexity index is 1040. The van der Waals surface area contributed by atoms with Gasteiger partial charge in [-0.1, -0.05) is 18.2 Å². The molecule has 7 heteroatoms. The Hall–Kier alpha value is -3.61. The lowest BCUT2D eigenvalue weighted by atomic mass is 10.0. The van der Waals surface area contributed by atoms with Crippen LogP contribution in [0, 0.1) is 0 Å². The highest BCUT2D eigenvalue weighted by atomic mass is 16.2. The quantitative estimate of drug-likeness (QED) is 0.352. The Balaban J connectivity index is 1.56. The first-order chi connectivity index (χ1) is 16.4. The van der Waals surface area contributed by atoms with E-state index in [1.54, 1.807) is 6.08 Å². The predicted octanol–water partition coefficient (Wildman–Crippen LogP) is 3.35. The zero-order valence-electron chi connectivity index (χ0n) is 20.0. The van der Waals surface area contributed by atoms with Gasteiger partial charge in [0, 0.05) is 43.4 Å². The SMILES string of the molecule is CCN(CC)c1ccc(C(=O)NC2CCc3cc(/C=C/C(=O)NCCCC(N)=O)ccc32)cc1. The Morgan fingerprint density at radius 1 is 1.09 bits per heavy atom. The van der Waals surface area contributed by atoms with Crippen molar-refractivity contribution in [1.29, 1.82) is 0 Å². The molecule has 3 rings (SSSR count). The minimum Gasteiger partial charge on any atom is -0.372 e. The number of aryl methyl sites for hydroxylation is 1. The molecule has 0 spiro atoms. The monoisotopic (exact) mass is 462 g/mol. The van der Waals surface area contributed by atoms with Gasteiger partial charge in [-0.2, -0.15) is 0 Å². The summed E-state index contributed by atoms with van der Waals surface area (Å²) in [5, 5.41) is 5.90. The smallest absolute Gasteiger partial charge is 0.251 e. The summed E-state index contributed by atoms with van der Waals surface area (Å²) in [5.74, 6) is -0.645. The second kappa shape index (κ2) is 12.0. The molecule has 0 aromatic heterocycles. The molecule has 0 saturated heterocycles. The normalized spacial score (nSPS) is 14.6. The van der Waals surface area contributed by atoms with Crippen molar-refractivity contribution in [1.82, 2.24) is 10.6 Å². The van der Waals surface area contributed by atoms with E-state index >= 15 is 0 Å². The fourth-order valence-electron chi connectivity index (χ4n) is 4.25. The predicted molar refractivity (Wildman–Crippen MR) is 135 cm³/mol. The first-order valence-electron chi connectivity index (χ1n) is 11.9. The van der Waals surface area contributed by atoms with Crippen LogP contribution in [0.25, 0.3) is 6.08 Å². The van der Waals surface area contributed by atoms with Crippen LogP contribution in [0.4, 0.5) is 5.69 Å². The number of hydrogen-bond acceptors (Lipinski definition) is 4. The van der Waals surface area contributed by atoms with Gasteiger partial charge >= 0.3 is 0 Å². The lowest BCUT2D eigenvalue weighted by Crippen LogP contribution is -2.27. The fourth-order valence-corrected chi connectivity index (χ4v) is 4.25. The van der Waals surface area contributed by atoms with E-state index in [0.29, 0.717) is 18.5 Å². The first-order valence-corrected chi connectivity index (χ1v) is 11.9. The molecule has 3 amide bonds. The Labute approximate surface area is 201 Å². The topological polar surface area (TPSA) is 105 Å². The van der Waals surface area contributed by atoms with Crippen LogP contribution in [0.15, 0.2) is 48.5 Å². The zero-order valence-corrected chi connectivity index (χ0v) is 20.0. The molecule has 180 valence electrons. The van der Waals surface area contributed by atoms with Gasteiger partial charge in [-0.15, -0.1) is 0 Å². The fraction of sp³-hybridized carbons (Fsp3) is 0.370. The van der Waals surface area contributed by atoms with Crippen molar-refractivity contribution in [3.05, 3.63) is 70.8 Å². The zero-order chi connectivity index (χ0) is 24.5. The van der Waals surface area contributed by atoms with Crippen LogP contribution in [0.3, 0.4) is 0 Å². The maximum absolute atomic E-state index is 12.8. The van der Waals surface area contributed by atoms with E-state index in [1.165, 1.54) is 11.6 Å². The highest BCUT2D eigenvalue weighted by Crippen LogP contribution is 2.32. The number of anilines is 1. The average Bonchev–Trinajstić information content (AvgIpc) is 3.23. The molecule has 0 fully saturated rings. The molecule has 0 radical (unpaired) electrons. The number of nitrogens with two attached hydrogens (primary N) is 1. The number of rotatable bonds is 11. The number of primary amides is 1. The van der Waals surface area contributed by atoms with E-state index in [9.17, 15) is 14.4 Å². The van der Waals surface area contributed by atoms with Crippen molar-refractivity contribution >= 4 is 29.5 Å². The van der Waals surface area contributed by atoms with Crippen molar-refractivity contribution in [2.45, 2.75) is 45.6 Å². The van der Waals surface area contributed by atoms with Gasteiger partial charge in [0.1, 0.15) is 0 Å². The summed E-state index contributed by atoms with van der Waals surface area (Å²) in [5.41, 5.74) is 10.1. The summed E-state index contributed by atoms with van der Waals surface area (Å²) in [6.07, 6.45) is 5.78. The number of carbonyl (C=O) groups is 3. The van der Waals surface area contributed by atoms with Gasteiger partial charge in [0.2, 0.25) is 11.8 Å². The molecule has 4 N–H and O–H groups in total. The van der Waals surface area contributed by atoms with Gasteiger partial charge in [-0.25, -0.2) is 0 Å². The maximum Gasteiger partial charge on any atom is 0.251 e. The number of benzene rings is 2. The maximum atomic E-state index is 12.8. The number of hydrogen-bond donors (Lipinski definition) is 3. The van der Waals surface area contributed by atoms with Crippen molar-refractivity contribution in [3.8, 4) is 0 Å². The number of carbonyl (C=O) groups excluding carboxylic acids is 3. The van der Waals surface area contributed by atoms with Crippen LogP contribution in [0.5, 0.6) is 0 Å². The van der Waals surface area contributed by atoms with Crippen molar-refractivity contribution in [2.75, 3.05) is 24.5 Å². The van der Waals surface area contributed by atoms with Crippen LogP contribution in [0.2, 0.25) is 0 Å². The second-order valence-electron chi connectivity index (χ2n) is 8.44. The third-order valence-corrected chi connectivity index (χ3v) is 6.13. The minimum absolute atomic E-state index is 0.0171. The molecule has 2 aromatic rings. The van der Waals surface area contributed by atoms with E-state index in [0.717, 1.165) is 42.7 Å². The Kier molecular flexibility index (Phi) is 8.85. The number of fused-ring (bicyclic) bond motifs is 1. The van der Waals surface area contributed by atoms with Gasteiger partial charge in [0.15, 0.2) is 0 Å². The van der Waals surface area contributed by atoms with E-state index < -0.39 is 0 Å². The van der Waals surface area contributed by atoms with Crippen LogP contribution < -0.4 is 21.3 Å². The summed E-state index contributed by atoms with van der Waals surface area (Å²) in [6.45, 7) is 6.51. The number of amides is 3. The number of nitrogens with zero attached hydrogens (tertiary/aromatic N) is 1. The first kappa shape index (κ1) is 25.0. The lowest BCUT2D eigenvalue weighted by molar-refractivity contribution is -0.119. The summed E-state index contributed by atoms with van der Waals surface area (Å²) in [6, 6.07) is 13.8. The van der Waals surface area contributed by atoms with E-state index in [1.807, 2.05) is 36.4 Å².